The van der Waals surface area contributed by atoms with E-state index in [1.807, 2.05) is 0 Å². The minimum Gasteiger partial charge on any atom is -0.393 e. The summed E-state index contributed by atoms with van der Waals surface area (Å²) in [7, 11) is 0. The summed E-state index contributed by atoms with van der Waals surface area (Å²) in [6.45, 7) is 4.88. The van der Waals surface area contributed by atoms with Crippen molar-refractivity contribution in [2.24, 2.45) is 5.16 Å². The monoisotopic (exact) mass is 296 g/mol. The SMILES string of the molecule is CC(C)NCC(O)CO/N=C1\CCCCc2sccc21. The number of oxime groups is 1. The molecule has 0 radical (unpaired) electrons. The predicted molar refractivity (Wildman–Crippen MR) is 83.5 cm³/mol. The van der Waals surface area contributed by atoms with Crippen molar-refractivity contribution < 1.29 is 9.94 Å². The van der Waals surface area contributed by atoms with E-state index in [1.54, 1.807) is 11.3 Å². The lowest BCUT2D eigenvalue weighted by Gasteiger charge is -2.13. The fourth-order valence-corrected chi connectivity index (χ4v) is 3.17. The lowest BCUT2D eigenvalue weighted by atomic mass is 10.1. The van der Waals surface area contributed by atoms with Crippen LogP contribution in [0.2, 0.25) is 0 Å². The number of thiophene rings is 1. The second-order valence-electron chi connectivity index (χ2n) is 5.52. The van der Waals surface area contributed by atoms with Crippen LogP contribution in [0.5, 0.6) is 0 Å². The molecular weight excluding hydrogens is 272 g/mol. The van der Waals surface area contributed by atoms with Gasteiger partial charge in [0.05, 0.1) is 5.71 Å². The normalized spacial score (nSPS) is 18.9. The van der Waals surface area contributed by atoms with Crippen LogP contribution in [-0.2, 0) is 11.3 Å². The van der Waals surface area contributed by atoms with Crippen LogP contribution in [0, 0.1) is 0 Å². The molecular formula is C15H24N2O2S. The molecule has 1 aromatic rings. The number of aryl methyl sites for hydroxylation is 1. The summed E-state index contributed by atoms with van der Waals surface area (Å²) in [4.78, 5) is 6.76. The first-order chi connectivity index (χ1) is 9.66. The van der Waals surface area contributed by atoms with Gasteiger partial charge in [-0.3, -0.25) is 0 Å². The molecule has 0 spiro atoms. The first-order valence-corrected chi connectivity index (χ1v) is 8.22. The van der Waals surface area contributed by atoms with Crippen LogP contribution in [0.15, 0.2) is 16.6 Å². The average molecular weight is 296 g/mol. The Morgan fingerprint density at radius 1 is 1.40 bits per heavy atom. The molecule has 0 aromatic carbocycles. The van der Waals surface area contributed by atoms with E-state index >= 15 is 0 Å². The number of hydrogen-bond donors (Lipinski definition) is 2. The summed E-state index contributed by atoms with van der Waals surface area (Å²) >= 11 is 1.80. The maximum absolute atomic E-state index is 9.78. The Morgan fingerprint density at radius 3 is 3.00 bits per heavy atom. The van der Waals surface area contributed by atoms with Gasteiger partial charge in [0.2, 0.25) is 0 Å². The minimum absolute atomic E-state index is 0.239. The van der Waals surface area contributed by atoms with Crippen molar-refractivity contribution in [3.05, 3.63) is 21.9 Å². The third kappa shape index (κ3) is 4.58. The number of hydrogen-bond acceptors (Lipinski definition) is 5. The average Bonchev–Trinajstić information content (AvgIpc) is 2.80. The van der Waals surface area contributed by atoms with Crippen molar-refractivity contribution in [3.8, 4) is 0 Å². The molecule has 0 saturated heterocycles. The second-order valence-corrected chi connectivity index (χ2v) is 6.52. The Balaban J connectivity index is 1.85. The van der Waals surface area contributed by atoms with E-state index in [1.165, 1.54) is 16.9 Å². The van der Waals surface area contributed by atoms with Crippen molar-refractivity contribution in [2.45, 2.75) is 51.7 Å². The van der Waals surface area contributed by atoms with Crippen molar-refractivity contribution in [2.75, 3.05) is 13.2 Å². The molecule has 20 heavy (non-hydrogen) atoms. The van der Waals surface area contributed by atoms with Crippen molar-refractivity contribution >= 4 is 17.0 Å². The van der Waals surface area contributed by atoms with Gasteiger partial charge in [0.25, 0.3) is 0 Å². The third-order valence-corrected chi connectivity index (χ3v) is 4.31. The van der Waals surface area contributed by atoms with Gasteiger partial charge in [-0.2, -0.15) is 0 Å². The number of rotatable bonds is 6. The van der Waals surface area contributed by atoms with Gasteiger partial charge in [0.1, 0.15) is 12.7 Å². The van der Waals surface area contributed by atoms with Gasteiger partial charge in [-0.05, 0) is 37.1 Å². The van der Waals surface area contributed by atoms with Gasteiger partial charge in [0, 0.05) is 23.0 Å². The summed E-state index contributed by atoms with van der Waals surface area (Å²) in [6, 6.07) is 2.50. The molecule has 1 aliphatic carbocycles. The van der Waals surface area contributed by atoms with E-state index in [-0.39, 0.29) is 6.61 Å². The van der Waals surface area contributed by atoms with Crippen LogP contribution in [0.25, 0.3) is 0 Å². The Morgan fingerprint density at radius 2 is 2.20 bits per heavy atom. The topological polar surface area (TPSA) is 53.8 Å². The molecule has 112 valence electrons. The lowest BCUT2D eigenvalue weighted by Crippen LogP contribution is -2.34. The molecule has 5 heteroatoms. The fraction of sp³-hybridized carbons (Fsp3) is 0.667. The zero-order valence-corrected chi connectivity index (χ0v) is 13.1. The third-order valence-electron chi connectivity index (χ3n) is 3.33. The van der Waals surface area contributed by atoms with Crippen LogP contribution < -0.4 is 5.32 Å². The van der Waals surface area contributed by atoms with E-state index in [0.29, 0.717) is 12.6 Å². The molecule has 1 aliphatic rings. The summed E-state index contributed by atoms with van der Waals surface area (Å²) in [5, 5.41) is 19.3. The zero-order chi connectivity index (χ0) is 14.4. The minimum atomic E-state index is -0.519. The molecule has 0 bridgehead atoms. The van der Waals surface area contributed by atoms with Crippen LogP contribution in [0.3, 0.4) is 0 Å². The first kappa shape index (κ1) is 15.5. The number of nitrogens with zero attached hydrogens (tertiary/aromatic N) is 1. The summed E-state index contributed by atoms with van der Waals surface area (Å²) in [6.07, 6.45) is 3.96. The summed E-state index contributed by atoms with van der Waals surface area (Å²) in [5.41, 5.74) is 2.27. The fourth-order valence-electron chi connectivity index (χ4n) is 2.23. The van der Waals surface area contributed by atoms with E-state index in [2.05, 4.69) is 35.8 Å². The number of aliphatic hydroxyl groups excluding tert-OH is 1. The molecule has 0 aliphatic heterocycles. The van der Waals surface area contributed by atoms with Gasteiger partial charge in [0.15, 0.2) is 0 Å². The Hall–Kier alpha value is -0.910. The highest BCUT2D eigenvalue weighted by Gasteiger charge is 2.15. The molecule has 0 amide bonds. The Kier molecular flexibility index (Phi) is 6.01. The quantitative estimate of drug-likeness (QED) is 0.626. The van der Waals surface area contributed by atoms with Gasteiger partial charge >= 0.3 is 0 Å². The first-order valence-electron chi connectivity index (χ1n) is 7.34. The van der Waals surface area contributed by atoms with Crippen molar-refractivity contribution in [1.29, 1.82) is 0 Å². The van der Waals surface area contributed by atoms with Crippen LogP contribution in [-0.4, -0.2) is 36.1 Å². The molecule has 1 unspecified atom stereocenters. The van der Waals surface area contributed by atoms with E-state index in [9.17, 15) is 5.11 Å². The second kappa shape index (κ2) is 7.76. The number of fused-ring (bicyclic) bond motifs is 1. The molecule has 1 heterocycles. The molecule has 0 saturated carbocycles. The van der Waals surface area contributed by atoms with Crippen LogP contribution >= 0.6 is 11.3 Å². The molecule has 2 N–H and O–H groups in total. The Labute approximate surface area is 124 Å². The van der Waals surface area contributed by atoms with Gasteiger partial charge < -0.3 is 15.3 Å². The molecule has 1 atom stereocenters. The highest BCUT2D eigenvalue weighted by molar-refractivity contribution is 7.10. The number of aliphatic hydroxyl groups is 1. The summed E-state index contributed by atoms with van der Waals surface area (Å²) < 4.78 is 0. The zero-order valence-electron chi connectivity index (χ0n) is 12.3. The standard InChI is InChI=1S/C15H24N2O2S/c1-11(2)16-9-12(18)10-19-17-14-5-3-4-6-15-13(14)7-8-20-15/h7-8,11-12,16,18H,3-6,9-10H2,1-2H3/b17-14+. The maximum atomic E-state index is 9.78. The van der Waals surface area contributed by atoms with Crippen LogP contribution in [0.1, 0.15) is 43.6 Å². The molecule has 2 rings (SSSR count). The summed E-state index contributed by atoms with van der Waals surface area (Å²) in [5.74, 6) is 0. The van der Waals surface area contributed by atoms with E-state index in [4.69, 9.17) is 4.84 Å². The maximum Gasteiger partial charge on any atom is 0.144 e. The molecule has 1 aromatic heterocycles. The van der Waals surface area contributed by atoms with Gasteiger partial charge in [-0.15, -0.1) is 11.3 Å². The largest absolute Gasteiger partial charge is 0.393 e. The Bertz CT molecular complexity index is 443. The van der Waals surface area contributed by atoms with Gasteiger partial charge in [-0.25, -0.2) is 0 Å². The van der Waals surface area contributed by atoms with Crippen molar-refractivity contribution in [3.63, 3.8) is 0 Å². The highest BCUT2D eigenvalue weighted by atomic mass is 32.1. The van der Waals surface area contributed by atoms with Crippen LogP contribution in [0.4, 0.5) is 0 Å². The molecule has 0 fully saturated rings. The van der Waals surface area contributed by atoms with E-state index in [0.717, 1.165) is 25.0 Å². The lowest BCUT2D eigenvalue weighted by molar-refractivity contribution is 0.0392. The molecule has 4 nitrogen and oxygen atoms in total. The van der Waals surface area contributed by atoms with Gasteiger partial charge in [-0.1, -0.05) is 19.0 Å². The predicted octanol–water partition coefficient (Wildman–Crippen LogP) is 2.55. The number of nitrogens with one attached hydrogen (secondary N) is 1. The van der Waals surface area contributed by atoms with E-state index < -0.39 is 6.10 Å². The smallest absolute Gasteiger partial charge is 0.144 e. The highest BCUT2D eigenvalue weighted by Crippen LogP contribution is 2.25. The van der Waals surface area contributed by atoms with Crippen molar-refractivity contribution in [1.82, 2.24) is 5.32 Å².